The first-order valence-corrected chi connectivity index (χ1v) is 13.0. The van der Waals surface area contributed by atoms with Crippen LogP contribution in [0.15, 0.2) is 48.5 Å². The van der Waals surface area contributed by atoms with E-state index >= 15 is 0 Å². The molecule has 5 atom stereocenters. The topological polar surface area (TPSA) is 105 Å². The highest BCUT2D eigenvalue weighted by atomic mass is 16.5. The van der Waals surface area contributed by atoms with Gasteiger partial charge in [-0.05, 0) is 86.7 Å². The van der Waals surface area contributed by atoms with Gasteiger partial charge in [0.1, 0.15) is 5.75 Å². The van der Waals surface area contributed by atoms with Gasteiger partial charge in [-0.25, -0.2) is 4.79 Å². The molecule has 3 amide bonds. The average molecular weight is 492 g/mol. The van der Waals surface area contributed by atoms with Crippen molar-refractivity contribution >= 4 is 11.9 Å². The average Bonchev–Trinajstić information content (AvgIpc) is 3.05. The molecular weight excluding hydrogens is 454 g/mol. The lowest BCUT2D eigenvalue weighted by Crippen LogP contribution is -2.67. The lowest BCUT2D eigenvalue weighted by Gasteiger charge is -2.55. The van der Waals surface area contributed by atoms with Gasteiger partial charge in [-0.3, -0.25) is 15.0 Å². The molecule has 7 nitrogen and oxygen atoms in total. The summed E-state index contributed by atoms with van der Waals surface area (Å²) in [4.78, 5) is 26.7. The smallest absolute Gasteiger partial charge is 0.318 e. The van der Waals surface area contributed by atoms with Crippen molar-refractivity contribution in [1.29, 1.82) is 0 Å². The highest BCUT2D eigenvalue weighted by Gasteiger charge is 2.70. The normalized spacial score (nSPS) is 31.1. The van der Waals surface area contributed by atoms with E-state index in [9.17, 15) is 14.7 Å². The maximum atomic E-state index is 12.9. The minimum atomic E-state index is -0.955. The molecule has 36 heavy (non-hydrogen) atoms. The molecular formula is C29H37N3O4. The van der Waals surface area contributed by atoms with Crippen molar-refractivity contribution in [3.63, 3.8) is 0 Å². The van der Waals surface area contributed by atoms with E-state index in [4.69, 9.17) is 10.5 Å². The van der Waals surface area contributed by atoms with E-state index in [1.165, 1.54) is 5.56 Å². The Bertz CT molecular complexity index is 1140. The van der Waals surface area contributed by atoms with E-state index in [0.717, 1.165) is 49.2 Å². The zero-order chi connectivity index (χ0) is 25.5. The van der Waals surface area contributed by atoms with E-state index in [0.29, 0.717) is 25.2 Å². The van der Waals surface area contributed by atoms with Crippen LogP contribution < -0.4 is 15.8 Å². The number of hydrogen-bond donors (Lipinski definition) is 3. The van der Waals surface area contributed by atoms with E-state index in [-0.39, 0.29) is 17.9 Å². The van der Waals surface area contributed by atoms with Crippen molar-refractivity contribution in [3.8, 4) is 5.75 Å². The molecule has 1 heterocycles. The van der Waals surface area contributed by atoms with Crippen LogP contribution in [-0.4, -0.2) is 53.8 Å². The summed E-state index contributed by atoms with van der Waals surface area (Å²) in [5.74, 6) is 0.390. The summed E-state index contributed by atoms with van der Waals surface area (Å²) in [5, 5.41) is 14.8. The molecule has 7 heteroatoms. The molecule has 1 unspecified atom stereocenters. The third-order valence-electron chi connectivity index (χ3n) is 9.04. The molecule has 0 aromatic heterocycles. The van der Waals surface area contributed by atoms with Gasteiger partial charge >= 0.3 is 6.03 Å². The van der Waals surface area contributed by atoms with Crippen LogP contribution >= 0.6 is 0 Å². The van der Waals surface area contributed by atoms with Gasteiger partial charge in [0.25, 0.3) is 0 Å². The Kier molecular flexibility index (Phi) is 6.55. The number of aryl methyl sites for hydroxylation is 2. The molecule has 2 aliphatic carbocycles. The number of primary amides is 1. The van der Waals surface area contributed by atoms with Crippen LogP contribution in [0.4, 0.5) is 4.79 Å². The fraction of sp³-hybridized carbons (Fsp3) is 0.517. The summed E-state index contributed by atoms with van der Waals surface area (Å²) < 4.78 is 5.56. The van der Waals surface area contributed by atoms with E-state index in [2.05, 4.69) is 41.4 Å². The van der Waals surface area contributed by atoms with Gasteiger partial charge in [0.2, 0.25) is 5.91 Å². The van der Waals surface area contributed by atoms with Gasteiger partial charge in [0.05, 0.1) is 12.7 Å². The monoisotopic (exact) mass is 491 g/mol. The molecule has 0 bridgehead atoms. The second kappa shape index (κ2) is 9.52. The molecule has 2 aromatic carbocycles. The van der Waals surface area contributed by atoms with Gasteiger partial charge in [0, 0.05) is 23.9 Å². The third-order valence-corrected chi connectivity index (χ3v) is 9.04. The van der Waals surface area contributed by atoms with Crippen molar-refractivity contribution in [2.24, 2.45) is 17.6 Å². The van der Waals surface area contributed by atoms with Crippen LogP contribution in [0.25, 0.3) is 0 Å². The number of fused-ring (bicyclic) bond motifs is 3. The fourth-order valence-electron chi connectivity index (χ4n) is 7.52. The second-order valence-corrected chi connectivity index (χ2v) is 11.0. The molecule has 192 valence electrons. The van der Waals surface area contributed by atoms with Crippen LogP contribution in [0.5, 0.6) is 5.75 Å². The van der Waals surface area contributed by atoms with Crippen LogP contribution in [0.1, 0.15) is 48.8 Å². The number of amides is 3. The Balaban J connectivity index is 1.44. The number of benzene rings is 2. The quantitative estimate of drug-likeness (QED) is 0.551. The van der Waals surface area contributed by atoms with Gasteiger partial charge in [-0.1, -0.05) is 36.4 Å². The second-order valence-electron chi connectivity index (χ2n) is 11.0. The Hall–Kier alpha value is -2.90. The highest BCUT2D eigenvalue weighted by Crippen LogP contribution is 2.64. The molecule has 5 rings (SSSR count). The Labute approximate surface area is 213 Å². The van der Waals surface area contributed by atoms with Gasteiger partial charge in [-0.15, -0.1) is 0 Å². The molecule has 3 aliphatic rings. The molecule has 4 N–H and O–H groups in total. The Morgan fingerprint density at radius 2 is 1.97 bits per heavy atom. The first-order valence-electron chi connectivity index (χ1n) is 13.0. The van der Waals surface area contributed by atoms with Crippen molar-refractivity contribution < 1.29 is 19.4 Å². The standard InChI is InChI=1S/C29H37N3O4/c1-19-10-11-23(36-2)15-24(19)28-16-21(26(33)31-27(30)34)12-13-29(28,35)25-22(17-28)18-32(25)14-6-9-20-7-4-3-5-8-20/h3-5,7-8,10-11,15,21-22,25,35H,6,9,12-14,16-18H2,1-2H3,(H3,30,31,33,34)/t21-,22?,25-,28+,29-/m1/s1. The predicted molar refractivity (Wildman–Crippen MR) is 138 cm³/mol. The molecule has 0 radical (unpaired) electrons. The number of carbonyl (C=O) groups is 2. The minimum absolute atomic E-state index is 0.0685. The Morgan fingerprint density at radius 1 is 1.19 bits per heavy atom. The molecule has 3 fully saturated rings. The van der Waals surface area contributed by atoms with Gasteiger partial charge in [-0.2, -0.15) is 0 Å². The predicted octanol–water partition coefficient (Wildman–Crippen LogP) is 3.30. The maximum Gasteiger partial charge on any atom is 0.318 e. The molecule has 1 aliphatic heterocycles. The van der Waals surface area contributed by atoms with Crippen LogP contribution in [0.3, 0.4) is 0 Å². The largest absolute Gasteiger partial charge is 0.497 e. The van der Waals surface area contributed by atoms with E-state index < -0.39 is 17.0 Å². The van der Waals surface area contributed by atoms with Crippen molar-refractivity contribution in [3.05, 3.63) is 65.2 Å². The molecule has 1 saturated heterocycles. The number of imide groups is 1. The van der Waals surface area contributed by atoms with Crippen LogP contribution in [0, 0.1) is 18.8 Å². The number of carbonyl (C=O) groups excluding carboxylic acids is 2. The van der Waals surface area contributed by atoms with Crippen molar-refractivity contribution in [2.75, 3.05) is 20.2 Å². The van der Waals surface area contributed by atoms with Crippen LogP contribution in [0.2, 0.25) is 0 Å². The number of likely N-dealkylation sites (tertiary alicyclic amines) is 1. The number of urea groups is 1. The molecule has 2 saturated carbocycles. The first-order chi connectivity index (χ1) is 17.3. The fourth-order valence-corrected chi connectivity index (χ4v) is 7.52. The zero-order valence-electron chi connectivity index (χ0n) is 21.2. The molecule has 2 aromatic rings. The number of aliphatic hydroxyl groups is 1. The number of rotatable bonds is 7. The number of ether oxygens (including phenoxy) is 1. The number of hydrogen-bond acceptors (Lipinski definition) is 5. The lowest BCUT2D eigenvalue weighted by atomic mass is 9.57. The summed E-state index contributed by atoms with van der Waals surface area (Å²) in [6.07, 6.45) is 4.40. The number of methoxy groups -OCH3 is 1. The summed E-state index contributed by atoms with van der Waals surface area (Å²) in [5.41, 5.74) is 7.19. The molecule has 0 spiro atoms. The third kappa shape index (κ3) is 4.08. The number of nitrogens with two attached hydrogens (primary N) is 1. The first kappa shape index (κ1) is 24.8. The summed E-state index contributed by atoms with van der Waals surface area (Å²) in [6, 6.07) is 15.8. The minimum Gasteiger partial charge on any atom is -0.497 e. The van der Waals surface area contributed by atoms with E-state index in [1.54, 1.807) is 7.11 Å². The summed E-state index contributed by atoms with van der Waals surface area (Å²) in [7, 11) is 1.65. The lowest BCUT2D eigenvalue weighted by molar-refractivity contribution is -0.145. The highest BCUT2D eigenvalue weighted by molar-refractivity contribution is 5.94. The number of nitrogens with one attached hydrogen (secondary N) is 1. The maximum absolute atomic E-state index is 12.9. The van der Waals surface area contributed by atoms with Gasteiger partial charge < -0.3 is 15.6 Å². The SMILES string of the molecule is COc1ccc(C)c([C@]23CC4CN(CCCc5ccccc5)[C@H]4[C@]2(O)CC[C@@H](C(=O)NC(N)=O)C3)c1. The van der Waals surface area contributed by atoms with Crippen molar-refractivity contribution in [1.82, 2.24) is 10.2 Å². The summed E-state index contributed by atoms with van der Waals surface area (Å²) in [6.45, 7) is 3.97. The Morgan fingerprint density at radius 3 is 2.69 bits per heavy atom. The van der Waals surface area contributed by atoms with Gasteiger partial charge in [0.15, 0.2) is 0 Å². The van der Waals surface area contributed by atoms with Crippen molar-refractivity contribution in [2.45, 2.75) is 62.5 Å². The number of nitrogens with zero attached hydrogens (tertiary/aromatic N) is 1. The van der Waals surface area contributed by atoms with Crippen LogP contribution in [-0.2, 0) is 16.6 Å². The van der Waals surface area contributed by atoms with E-state index in [1.807, 2.05) is 24.3 Å². The summed E-state index contributed by atoms with van der Waals surface area (Å²) >= 11 is 0. The zero-order valence-corrected chi connectivity index (χ0v) is 21.2.